The predicted molar refractivity (Wildman–Crippen MR) is 82.2 cm³/mol. The lowest BCUT2D eigenvalue weighted by atomic mass is 10.2. The van der Waals surface area contributed by atoms with Gasteiger partial charge in [-0.25, -0.2) is 8.78 Å². The molecule has 21 heavy (non-hydrogen) atoms. The van der Waals surface area contributed by atoms with Crippen molar-refractivity contribution in [3.63, 3.8) is 0 Å². The van der Waals surface area contributed by atoms with Crippen LogP contribution in [0.5, 0.6) is 0 Å². The van der Waals surface area contributed by atoms with Crippen LogP contribution in [0.2, 0.25) is 0 Å². The van der Waals surface area contributed by atoms with Crippen molar-refractivity contribution >= 4 is 43.2 Å². The first kappa shape index (κ1) is 15.8. The van der Waals surface area contributed by atoms with E-state index in [1.807, 2.05) is 0 Å². The Balaban J connectivity index is 2.17. The van der Waals surface area contributed by atoms with Crippen LogP contribution in [-0.4, -0.2) is 4.92 Å². The topological polar surface area (TPSA) is 55.2 Å². The first-order valence-electron chi connectivity index (χ1n) is 5.69. The number of nitrogens with one attached hydrogen (secondary N) is 1. The second-order valence-electron chi connectivity index (χ2n) is 4.13. The molecule has 0 aliphatic rings. The largest absolute Gasteiger partial charge is 0.379 e. The van der Waals surface area contributed by atoms with Crippen molar-refractivity contribution in [1.82, 2.24) is 0 Å². The Kier molecular flexibility index (Phi) is 4.89. The number of non-ortho nitro benzene ring substituents is 1. The summed E-state index contributed by atoms with van der Waals surface area (Å²) in [6.45, 7) is 0.230. The summed E-state index contributed by atoms with van der Waals surface area (Å²) in [5, 5.41) is 13.5. The lowest BCUT2D eigenvalue weighted by molar-refractivity contribution is -0.384. The van der Waals surface area contributed by atoms with Gasteiger partial charge in [-0.2, -0.15) is 0 Å². The Bertz CT molecular complexity index is 711. The quantitative estimate of drug-likeness (QED) is 0.429. The second-order valence-corrected chi connectivity index (χ2v) is 5.84. The molecule has 0 saturated heterocycles. The third-order valence-corrected chi connectivity index (χ3v) is 4.07. The highest BCUT2D eigenvalue weighted by atomic mass is 79.9. The van der Waals surface area contributed by atoms with E-state index in [1.165, 1.54) is 18.2 Å². The number of rotatable bonds is 4. The van der Waals surface area contributed by atoms with Crippen LogP contribution in [0.4, 0.5) is 20.2 Å². The summed E-state index contributed by atoms with van der Waals surface area (Å²) >= 11 is 6.21. The van der Waals surface area contributed by atoms with E-state index in [0.29, 0.717) is 10.0 Å². The number of hydrogen-bond donors (Lipinski definition) is 1. The van der Waals surface area contributed by atoms with Gasteiger partial charge in [0.25, 0.3) is 5.69 Å². The summed E-state index contributed by atoms with van der Waals surface area (Å²) in [5.74, 6) is -1.40. The number of halogens is 4. The molecular formula is C13H8Br2F2N2O2. The van der Waals surface area contributed by atoms with Crippen LogP contribution in [0.25, 0.3) is 0 Å². The van der Waals surface area contributed by atoms with Crippen molar-refractivity contribution in [2.24, 2.45) is 0 Å². The van der Waals surface area contributed by atoms with E-state index >= 15 is 0 Å². The van der Waals surface area contributed by atoms with Crippen LogP contribution >= 0.6 is 31.9 Å². The highest BCUT2D eigenvalue weighted by molar-refractivity contribution is 9.10. The van der Waals surface area contributed by atoms with Gasteiger partial charge < -0.3 is 5.32 Å². The molecule has 2 rings (SSSR count). The number of nitro benzene ring substituents is 1. The molecular weight excluding hydrogens is 414 g/mol. The van der Waals surface area contributed by atoms with Gasteiger partial charge >= 0.3 is 0 Å². The number of anilines is 1. The van der Waals surface area contributed by atoms with E-state index in [-0.39, 0.29) is 22.4 Å². The molecule has 0 heterocycles. The summed E-state index contributed by atoms with van der Waals surface area (Å²) < 4.78 is 27.4. The van der Waals surface area contributed by atoms with E-state index in [0.717, 1.165) is 6.07 Å². The zero-order valence-electron chi connectivity index (χ0n) is 10.4. The van der Waals surface area contributed by atoms with Crippen molar-refractivity contribution in [2.75, 3.05) is 5.32 Å². The maximum Gasteiger partial charge on any atom is 0.270 e. The van der Waals surface area contributed by atoms with Crippen LogP contribution in [0.3, 0.4) is 0 Å². The fraction of sp³-hybridized carbons (Fsp3) is 0.0769. The average Bonchev–Trinajstić information content (AvgIpc) is 2.42. The van der Waals surface area contributed by atoms with Gasteiger partial charge in [-0.3, -0.25) is 10.1 Å². The summed E-state index contributed by atoms with van der Waals surface area (Å²) in [6.07, 6.45) is 0. The zero-order valence-corrected chi connectivity index (χ0v) is 13.5. The molecule has 0 aromatic heterocycles. The first-order valence-corrected chi connectivity index (χ1v) is 7.28. The molecule has 0 atom stereocenters. The van der Waals surface area contributed by atoms with Crippen LogP contribution in [0.15, 0.2) is 39.3 Å². The second kappa shape index (κ2) is 6.48. The van der Waals surface area contributed by atoms with Crippen LogP contribution in [-0.2, 0) is 6.54 Å². The van der Waals surface area contributed by atoms with E-state index in [9.17, 15) is 18.9 Å². The summed E-state index contributed by atoms with van der Waals surface area (Å²) in [5.41, 5.74) is 0.801. The van der Waals surface area contributed by atoms with Gasteiger partial charge in [-0.15, -0.1) is 0 Å². The molecule has 0 unspecified atom stereocenters. The third-order valence-electron chi connectivity index (χ3n) is 2.73. The molecule has 0 saturated carbocycles. The Morgan fingerprint density at radius 1 is 1.10 bits per heavy atom. The maximum atomic E-state index is 13.6. The van der Waals surface area contributed by atoms with Gasteiger partial charge in [0.2, 0.25) is 0 Å². The molecule has 0 aliphatic heterocycles. The average molecular weight is 422 g/mol. The Hall–Kier alpha value is -1.54. The summed E-state index contributed by atoms with van der Waals surface area (Å²) in [7, 11) is 0. The van der Waals surface area contributed by atoms with E-state index in [1.54, 1.807) is 6.07 Å². The van der Waals surface area contributed by atoms with Crippen LogP contribution in [0, 0.1) is 21.7 Å². The van der Waals surface area contributed by atoms with E-state index in [4.69, 9.17) is 0 Å². The first-order chi connectivity index (χ1) is 9.88. The maximum absolute atomic E-state index is 13.6. The third kappa shape index (κ3) is 3.76. The zero-order chi connectivity index (χ0) is 15.6. The van der Waals surface area contributed by atoms with Gasteiger partial charge in [0, 0.05) is 29.2 Å². The summed E-state index contributed by atoms with van der Waals surface area (Å²) in [4.78, 5) is 10.1. The monoisotopic (exact) mass is 420 g/mol. The van der Waals surface area contributed by atoms with Crippen molar-refractivity contribution < 1.29 is 13.7 Å². The Morgan fingerprint density at radius 2 is 1.81 bits per heavy atom. The minimum absolute atomic E-state index is 0.0404. The molecule has 0 fully saturated rings. The van der Waals surface area contributed by atoms with Crippen molar-refractivity contribution in [1.29, 1.82) is 0 Å². The predicted octanol–water partition coefficient (Wildman–Crippen LogP) is 5.01. The highest BCUT2D eigenvalue weighted by Crippen LogP contribution is 2.26. The molecule has 0 spiro atoms. The SMILES string of the molecule is O=[N+]([O-])c1ccc(CNc2cc(Br)c(F)cc2F)c(Br)c1. The molecule has 8 heteroatoms. The molecule has 110 valence electrons. The lowest BCUT2D eigenvalue weighted by Gasteiger charge is -2.10. The number of nitro groups is 1. The molecule has 2 aromatic carbocycles. The van der Waals surface area contributed by atoms with Crippen molar-refractivity contribution in [3.8, 4) is 0 Å². The molecule has 4 nitrogen and oxygen atoms in total. The van der Waals surface area contributed by atoms with E-state index < -0.39 is 16.6 Å². The molecule has 0 amide bonds. The smallest absolute Gasteiger partial charge is 0.270 e. The minimum Gasteiger partial charge on any atom is -0.379 e. The van der Waals surface area contributed by atoms with Crippen LogP contribution < -0.4 is 5.32 Å². The van der Waals surface area contributed by atoms with Crippen LogP contribution in [0.1, 0.15) is 5.56 Å². The molecule has 0 bridgehead atoms. The lowest BCUT2D eigenvalue weighted by Crippen LogP contribution is -2.03. The minimum atomic E-state index is -0.714. The molecule has 1 N–H and O–H groups in total. The van der Waals surface area contributed by atoms with Gasteiger partial charge in [-0.05, 0) is 33.6 Å². The molecule has 0 aliphatic carbocycles. The highest BCUT2D eigenvalue weighted by Gasteiger charge is 2.11. The number of nitrogens with zero attached hydrogens (tertiary/aromatic N) is 1. The molecule has 0 radical (unpaired) electrons. The fourth-order valence-electron chi connectivity index (χ4n) is 1.64. The van der Waals surface area contributed by atoms with Crippen molar-refractivity contribution in [2.45, 2.75) is 6.54 Å². The molecule has 2 aromatic rings. The van der Waals surface area contributed by atoms with Gasteiger partial charge in [0.15, 0.2) is 0 Å². The number of hydrogen-bond acceptors (Lipinski definition) is 3. The Labute approximate surface area is 135 Å². The fourth-order valence-corrected chi connectivity index (χ4v) is 2.49. The van der Waals surface area contributed by atoms with Gasteiger partial charge in [-0.1, -0.05) is 15.9 Å². The Morgan fingerprint density at radius 3 is 2.43 bits per heavy atom. The van der Waals surface area contributed by atoms with E-state index in [2.05, 4.69) is 37.2 Å². The summed E-state index contributed by atoms with van der Waals surface area (Å²) in [6, 6.07) is 6.36. The van der Waals surface area contributed by atoms with Gasteiger partial charge in [0.05, 0.1) is 15.1 Å². The van der Waals surface area contributed by atoms with Crippen molar-refractivity contribution in [3.05, 3.63) is 66.6 Å². The standard InChI is InChI=1S/C13H8Br2F2N2O2/c14-9-3-8(19(20)21)2-1-7(9)6-18-13-4-10(15)11(16)5-12(13)17/h1-5,18H,6H2. The normalized spacial score (nSPS) is 10.5. The number of benzene rings is 2. The van der Waals surface area contributed by atoms with Gasteiger partial charge in [0.1, 0.15) is 11.6 Å².